The van der Waals surface area contributed by atoms with Gasteiger partial charge in [0.15, 0.2) is 0 Å². The Kier molecular flexibility index (Phi) is 4.98. The number of carboxylic acids is 1. The molecule has 1 unspecified atom stereocenters. The van der Waals surface area contributed by atoms with Crippen molar-refractivity contribution in [1.29, 1.82) is 0 Å². The third-order valence-electron chi connectivity index (χ3n) is 1.92. The Bertz CT molecular complexity index is 428. The van der Waals surface area contributed by atoms with E-state index in [2.05, 4.69) is 4.74 Å². The van der Waals surface area contributed by atoms with Crippen LogP contribution in [0.15, 0.2) is 24.3 Å². The van der Waals surface area contributed by atoms with Gasteiger partial charge in [-0.1, -0.05) is 12.1 Å². The molecule has 6 heteroatoms. The molecule has 0 aliphatic carbocycles. The Hall–Kier alpha value is -2.24. The summed E-state index contributed by atoms with van der Waals surface area (Å²) in [5, 5.41) is 10.8. The van der Waals surface area contributed by atoms with Crippen LogP contribution in [0.2, 0.25) is 0 Å². The van der Waals surface area contributed by atoms with Crippen molar-refractivity contribution in [1.82, 2.24) is 0 Å². The number of carbonyl (C=O) groups excluding carboxylic acids is 2. The SMILES string of the molecule is CCOC(=O)OC(C)Oc1ccccc1C(=O)[O-]. The lowest BCUT2D eigenvalue weighted by molar-refractivity contribution is -0.255. The van der Waals surface area contributed by atoms with Gasteiger partial charge in [-0.25, -0.2) is 4.79 Å². The van der Waals surface area contributed by atoms with Crippen LogP contribution in [0.3, 0.4) is 0 Å². The highest BCUT2D eigenvalue weighted by Crippen LogP contribution is 2.18. The monoisotopic (exact) mass is 253 g/mol. The number of carboxylic acid groups (broad SMARTS) is 1. The topological polar surface area (TPSA) is 84.9 Å². The second kappa shape index (κ2) is 6.48. The summed E-state index contributed by atoms with van der Waals surface area (Å²) in [4.78, 5) is 21.8. The van der Waals surface area contributed by atoms with Crippen LogP contribution < -0.4 is 9.84 Å². The highest BCUT2D eigenvalue weighted by atomic mass is 16.8. The number of rotatable bonds is 5. The maximum atomic E-state index is 11.0. The first-order chi connectivity index (χ1) is 8.54. The molecule has 0 aliphatic rings. The van der Waals surface area contributed by atoms with Crippen molar-refractivity contribution < 1.29 is 28.9 Å². The molecule has 0 saturated carbocycles. The first-order valence-electron chi connectivity index (χ1n) is 5.35. The molecular formula is C12H13O6-. The molecule has 0 aliphatic heterocycles. The molecule has 1 aromatic carbocycles. The van der Waals surface area contributed by atoms with Crippen molar-refractivity contribution >= 4 is 12.1 Å². The summed E-state index contributed by atoms with van der Waals surface area (Å²) >= 11 is 0. The van der Waals surface area contributed by atoms with Crippen LogP contribution in [0.1, 0.15) is 24.2 Å². The van der Waals surface area contributed by atoms with Crippen LogP contribution in [-0.2, 0) is 9.47 Å². The average Bonchev–Trinajstić information content (AvgIpc) is 2.29. The van der Waals surface area contributed by atoms with Gasteiger partial charge in [-0.15, -0.1) is 0 Å². The summed E-state index contributed by atoms with van der Waals surface area (Å²) in [7, 11) is 0. The van der Waals surface area contributed by atoms with Crippen LogP contribution in [0.25, 0.3) is 0 Å². The van der Waals surface area contributed by atoms with Crippen LogP contribution in [0, 0.1) is 0 Å². The summed E-state index contributed by atoms with van der Waals surface area (Å²) < 4.78 is 14.5. The lowest BCUT2D eigenvalue weighted by Crippen LogP contribution is -2.26. The number of hydrogen-bond donors (Lipinski definition) is 0. The lowest BCUT2D eigenvalue weighted by Gasteiger charge is -2.17. The highest BCUT2D eigenvalue weighted by molar-refractivity contribution is 5.89. The maximum absolute atomic E-state index is 11.0. The standard InChI is InChI=1S/C12H14O6/c1-3-16-12(15)18-8(2)17-10-7-5-4-6-9(10)11(13)14/h4-8H,3H2,1-2H3,(H,13,14)/p-1. The molecule has 18 heavy (non-hydrogen) atoms. The van der Waals surface area contributed by atoms with Gasteiger partial charge in [0.05, 0.1) is 12.6 Å². The molecule has 0 amide bonds. The van der Waals surface area contributed by atoms with Gasteiger partial charge in [0.25, 0.3) is 0 Å². The van der Waals surface area contributed by atoms with Gasteiger partial charge in [0, 0.05) is 12.5 Å². The Balaban J connectivity index is 2.67. The van der Waals surface area contributed by atoms with E-state index in [1.165, 1.54) is 25.1 Å². The molecule has 1 rings (SSSR count). The summed E-state index contributed by atoms with van der Waals surface area (Å²) in [5.74, 6) is -1.30. The molecule has 1 atom stereocenters. The van der Waals surface area contributed by atoms with E-state index in [1.807, 2.05) is 0 Å². The summed E-state index contributed by atoms with van der Waals surface area (Å²) in [6, 6.07) is 5.91. The van der Waals surface area contributed by atoms with Crippen LogP contribution in [0.5, 0.6) is 5.75 Å². The van der Waals surface area contributed by atoms with Gasteiger partial charge < -0.3 is 24.1 Å². The number of hydrogen-bond acceptors (Lipinski definition) is 6. The van der Waals surface area contributed by atoms with Gasteiger partial charge in [-0.05, 0) is 19.1 Å². The van der Waals surface area contributed by atoms with E-state index in [0.717, 1.165) is 0 Å². The Labute approximate surface area is 104 Å². The predicted octanol–water partition coefficient (Wildman–Crippen LogP) is 0.948. The fourth-order valence-electron chi connectivity index (χ4n) is 1.23. The largest absolute Gasteiger partial charge is 0.545 e. The van der Waals surface area contributed by atoms with Crippen molar-refractivity contribution in [3.05, 3.63) is 29.8 Å². The number of carbonyl (C=O) groups is 2. The summed E-state index contributed by atoms with van der Waals surface area (Å²) in [6.45, 7) is 3.27. The van der Waals surface area contributed by atoms with Crippen LogP contribution >= 0.6 is 0 Å². The van der Waals surface area contributed by atoms with E-state index in [9.17, 15) is 14.7 Å². The molecular weight excluding hydrogens is 240 g/mol. The summed E-state index contributed by atoms with van der Waals surface area (Å²) in [5.41, 5.74) is -0.114. The first kappa shape index (κ1) is 13.8. The van der Waals surface area contributed by atoms with Crippen molar-refractivity contribution in [3.63, 3.8) is 0 Å². The van der Waals surface area contributed by atoms with Gasteiger partial charge in [-0.3, -0.25) is 0 Å². The van der Waals surface area contributed by atoms with E-state index >= 15 is 0 Å². The van der Waals surface area contributed by atoms with Gasteiger partial charge in [0.2, 0.25) is 6.29 Å². The molecule has 0 spiro atoms. The Morgan fingerprint density at radius 1 is 1.33 bits per heavy atom. The van der Waals surface area contributed by atoms with Gasteiger partial charge in [0.1, 0.15) is 5.75 Å². The zero-order valence-corrected chi connectivity index (χ0v) is 10.0. The molecule has 6 nitrogen and oxygen atoms in total. The van der Waals surface area contributed by atoms with E-state index in [4.69, 9.17) is 9.47 Å². The minimum Gasteiger partial charge on any atom is -0.545 e. The van der Waals surface area contributed by atoms with E-state index < -0.39 is 18.4 Å². The molecule has 0 radical (unpaired) electrons. The van der Waals surface area contributed by atoms with Gasteiger partial charge in [-0.2, -0.15) is 0 Å². The second-order valence-electron chi connectivity index (χ2n) is 3.27. The quantitative estimate of drug-likeness (QED) is 0.573. The molecule has 0 heterocycles. The molecule has 0 fully saturated rings. The fourth-order valence-corrected chi connectivity index (χ4v) is 1.23. The predicted molar refractivity (Wildman–Crippen MR) is 59.0 cm³/mol. The van der Waals surface area contributed by atoms with Gasteiger partial charge >= 0.3 is 6.16 Å². The lowest BCUT2D eigenvalue weighted by atomic mass is 10.2. The van der Waals surface area contributed by atoms with Crippen molar-refractivity contribution in [3.8, 4) is 5.75 Å². The fraction of sp³-hybridized carbons (Fsp3) is 0.333. The van der Waals surface area contributed by atoms with Crippen LogP contribution in [-0.4, -0.2) is 25.0 Å². The third-order valence-corrected chi connectivity index (χ3v) is 1.92. The Morgan fingerprint density at radius 2 is 2.00 bits per heavy atom. The molecule has 1 aromatic rings. The smallest absolute Gasteiger partial charge is 0.511 e. The zero-order valence-electron chi connectivity index (χ0n) is 10.0. The van der Waals surface area contributed by atoms with Crippen molar-refractivity contribution in [2.45, 2.75) is 20.1 Å². The highest BCUT2D eigenvalue weighted by Gasteiger charge is 2.13. The average molecular weight is 253 g/mol. The van der Waals surface area contributed by atoms with E-state index in [0.29, 0.717) is 0 Å². The minimum atomic E-state index is -1.37. The third kappa shape index (κ3) is 3.97. The molecule has 0 aromatic heterocycles. The van der Waals surface area contributed by atoms with E-state index in [-0.39, 0.29) is 17.9 Å². The maximum Gasteiger partial charge on any atom is 0.511 e. The number of benzene rings is 1. The normalized spacial score (nSPS) is 11.4. The Morgan fingerprint density at radius 3 is 2.61 bits per heavy atom. The molecule has 0 bridgehead atoms. The zero-order chi connectivity index (χ0) is 13.5. The van der Waals surface area contributed by atoms with Crippen molar-refractivity contribution in [2.75, 3.05) is 6.61 Å². The molecule has 98 valence electrons. The van der Waals surface area contributed by atoms with Crippen molar-refractivity contribution in [2.24, 2.45) is 0 Å². The number of para-hydroxylation sites is 1. The summed E-state index contributed by atoms with van der Waals surface area (Å²) in [6.07, 6.45) is -1.85. The number of ether oxygens (including phenoxy) is 3. The molecule has 0 N–H and O–H groups in total. The number of aromatic carboxylic acids is 1. The minimum absolute atomic E-state index is 0.0642. The molecule has 0 saturated heterocycles. The first-order valence-corrected chi connectivity index (χ1v) is 5.35. The second-order valence-corrected chi connectivity index (χ2v) is 3.27. The van der Waals surface area contributed by atoms with E-state index in [1.54, 1.807) is 13.0 Å². The van der Waals surface area contributed by atoms with Crippen LogP contribution in [0.4, 0.5) is 4.79 Å².